The van der Waals surface area contributed by atoms with Crippen molar-refractivity contribution < 1.29 is 13.9 Å². The first-order chi connectivity index (χ1) is 16.1. The fraction of sp³-hybridized carbons (Fsp3) is 0.320. The van der Waals surface area contributed by atoms with E-state index in [1.54, 1.807) is 42.6 Å². The van der Waals surface area contributed by atoms with E-state index in [0.29, 0.717) is 23.6 Å². The molecule has 3 aromatic rings. The maximum atomic E-state index is 12.5. The number of nitrogens with one attached hydrogen (secondary N) is 1. The fourth-order valence-electron chi connectivity index (χ4n) is 3.66. The molecule has 4 rings (SSSR count). The smallest absolute Gasteiger partial charge is 0.287 e. The van der Waals surface area contributed by atoms with Gasteiger partial charge in [-0.1, -0.05) is 6.92 Å². The number of ether oxygens (including phenoxy) is 1. The van der Waals surface area contributed by atoms with Gasteiger partial charge in [0.25, 0.3) is 5.91 Å². The van der Waals surface area contributed by atoms with E-state index >= 15 is 0 Å². The summed E-state index contributed by atoms with van der Waals surface area (Å²) in [5, 5.41) is 11.8. The molecule has 1 N–H and O–H groups in total. The number of pyridine rings is 1. The Balaban J connectivity index is 1.28. The van der Waals surface area contributed by atoms with Gasteiger partial charge >= 0.3 is 0 Å². The summed E-state index contributed by atoms with van der Waals surface area (Å²) < 4.78 is 11.3. The van der Waals surface area contributed by atoms with Gasteiger partial charge in [-0.25, -0.2) is 4.98 Å². The number of benzene rings is 1. The second kappa shape index (κ2) is 10.7. The Labute approximate surface area is 193 Å². The second-order valence-electron chi connectivity index (χ2n) is 7.82. The summed E-state index contributed by atoms with van der Waals surface area (Å²) in [7, 11) is 0. The van der Waals surface area contributed by atoms with E-state index < -0.39 is 0 Å². The van der Waals surface area contributed by atoms with Crippen LogP contribution in [0.3, 0.4) is 0 Å². The van der Waals surface area contributed by atoms with Crippen LogP contribution in [0, 0.1) is 11.3 Å². The average molecular weight is 446 g/mol. The van der Waals surface area contributed by atoms with E-state index in [1.165, 1.54) is 0 Å². The molecule has 0 bridgehead atoms. The van der Waals surface area contributed by atoms with Crippen LogP contribution in [0.2, 0.25) is 0 Å². The molecule has 8 nitrogen and oxygen atoms in total. The first-order valence-electron chi connectivity index (χ1n) is 11.1. The number of hydrogen-bond acceptors (Lipinski definition) is 7. The topological polar surface area (TPSA) is 94.6 Å². The lowest BCUT2D eigenvalue weighted by molar-refractivity contribution is 0.0919. The Hall–Kier alpha value is -3.83. The van der Waals surface area contributed by atoms with E-state index in [-0.39, 0.29) is 18.3 Å². The quantitative estimate of drug-likeness (QED) is 0.569. The molecule has 0 saturated carbocycles. The van der Waals surface area contributed by atoms with Crippen molar-refractivity contribution in [1.82, 2.24) is 15.2 Å². The number of rotatable bonds is 8. The highest BCUT2D eigenvalue weighted by Gasteiger charge is 2.17. The maximum Gasteiger partial charge on any atom is 0.287 e. The summed E-state index contributed by atoms with van der Waals surface area (Å²) in [6.07, 6.45) is 1.79. The van der Waals surface area contributed by atoms with E-state index in [2.05, 4.69) is 33.1 Å². The van der Waals surface area contributed by atoms with Gasteiger partial charge in [-0.05, 0) is 60.6 Å². The van der Waals surface area contributed by atoms with E-state index in [0.717, 1.165) is 44.1 Å². The Kier molecular flexibility index (Phi) is 7.22. The minimum atomic E-state index is -0.283. The van der Waals surface area contributed by atoms with Gasteiger partial charge in [-0.2, -0.15) is 5.26 Å². The SMILES string of the molecule is CCN1CCN(c2cc(CNC(=O)c3ccc(COc4ccc(C#N)cc4)o3)ccn2)CC1. The highest BCUT2D eigenvalue weighted by molar-refractivity contribution is 5.91. The lowest BCUT2D eigenvalue weighted by Crippen LogP contribution is -2.46. The number of carbonyl (C=O) groups is 1. The monoisotopic (exact) mass is 445 g/mol. The molecule has 33 heavy (non-hydrogen) atoms. The molecule has 170 valence electrons. The van der Waals surface area contributed by atoms with Crippen molar-refractivity contribution in [3.05, 3.63) is 77.4 Å². The lowest BCUT2D eigenvalue weighted by Gasteiger charge is -2.34. The van der Waals surface area contributed by atoms with Gasteiger partial charge in [-0.3, -0.25) is 4.79 Å². The van der Waals surface area contributed by atoms with Crippen LogP contribution in [0.1, 0.15) is 34.4 Å². The molecule has 1 aliphatic rings. The molecule has 0 aliphatic carbocycles. The number of nitriles is 1. The molecule has 8 heteroatoms. The number of anilines is 1. The zero-order valence-corrected chi connectivity index (χ0v) is 18.7. The summed E-state index contributed by atoms with van der Waals surface area (Å²) >= 11 is 0. The molecule has 0 unspecified atom stereocenters. The highest BCUT2D eigenvalue weighted by Crippen LogP contribution is 2.17. The number of furan rings is 1. The van der Waals surface area contributed by atoms with Crippen molar-refractivity contribution in [3.63, 3.8) is 0 Å². The Morgan fingerprint density at radius 2 is 1.94 bits per heavy atom. The van der Waals surface area contributed by atoms with Crippen molar-refractivity contribution in [3.8, 4) is 11.8 Å². The summed E-state index contributed by atoms with van der Waals surface area (Å²) in [5.74, 6) is 2.06. The number of nitrogens with zero attached hydrogens (tertiary/aromatic N) is 4. The van der Waals surface area contributed by atoms with Crippen molar-refractivity contribution >= 4 is 11.7 Å². The van der Waals surface area contributed by atoms with Gasteiger partial charge in [0.05, 0.1) is 11.6 Å². The zero-order valence-electron chi connectivity index (χ0n) is 18.7. The molecule has 1 aromatic carbocycles. The third-order valence-corrected chi connectivity index (χ3v) is 5.66. The molecule has 2 aromatic heterocycles. The van der Waals surface area contributed by atoms with Crippen LogP contribution in [0.5, 0.6) is 5.75 Å². The van der Waals surface area contributed by atoms with Gasteiger partial charge in [-0.15, -0.1) is 0 Å². The summed E-state index contributed by atoms with van der Waals surface area (Å²) in [6, 6.07) is 16.2. The number of likely N-dealkylation sites (N-methyl/N-ethyl adjacent to an activating group) is 1. The van der Waals surface area contributed by atoms with Gasteiger partial charge in [0.1, 0.15) is 23.9 Å². The lowest BCUT2D eigenvalue weighted by atomic mass is 10.2. The predicted octanol–water partition coefficient (Wildman–Crippen LogP) is 3.20. The standard InChI is InChI=1S/C25H27N5O3/c1-2-29-11-13-30(14-12-29)24-15-20(9-10-27-24)17-28-25(31)23-8-7-22(33-23)18-32-21-5-3-19(16-26)4-6-21/h3-10,15H,2,11-14,17-18H2,1H3,(H,28,31). The first-order valence-corrected chi connectivity index (χ1v) is 11.1. The van der Waals surface area contributed by atoms with Crippen LogP contribution in [0.25, 0.3) is 0 Å². The normalized spacial score (nSPS) is 14.0. The number of hydrogen-bond donors (Lipinski definition) is 1. The van der Waals surface area contributed by atoms with Crippen molar-refractivity contribution in [2.75, 3.05) is 37.6 Å². The molecule has 1 aliphatic heterocycles. The Morgan fingerprint density at radius 3 is 2.67 bits per heavy atom. The third-order valence-electron chi connectivity index (χ3n) is 5.66. The molecule has 3 heterocycles. The number of amides is 1. The molecule has 0 radical (unpaired) electrons. The Bertz CT molecular complexity index is 1110. The molecular weight excluding hydrogens is 418 g/mol. The highest BCUT2D eigenvalue weighted by atomic mass is 16.5. The average Bonchev–Trinajstić information content (AvgIpc) is 3.36. The largest absolute Gasteiger partial charge is 0.486 e. The second-order valence-corrected chi connectivity index (χ2v) is 7.82. The minimum absolute atomic E-state index is 0.193. The van der Waals surface area contributed by atoms with E-state index in [4.69, 9.17) is 14.4 Å². The fourth-order valence-corrected chi connectivity index (χ4v) is 3.66. The van der Waals surface area contributed by atoms with Crippen molar-refractivity contribution in [2.24, 2.45) is 0 Å². The van der Waals surface area contributed by atoms with Gasteiger partial charge in [0, 0.05) is 38.9 Å². The maximum absolute atomic E-state index is 12.5. The Morgan fingerprint density at radius 1 is 1.15 bits per heavy atom. The summed E-state index contributed by atoms with van der Waals surface area (Å²) in [5.41, 5.74) is 1.56. The molecule has 0 atom stereocenters. The number of carbonyl (C=O) groups excluding carboxylic acids is 1. The number of aromatic nitrogens is 1. The summed E-state index contributed by atoms with van der Waals surface area (Å²) in [4.78, 5) is 21.7. The van der Waals surface area contributed by atoms with Gasteiger partial charge in [0.2, 0.25) is 0 Å². The minimum Gasteiger partial charge on any atom is -0.486 e. The molecule has 0 spiro atoms. The van der Waals surface area contributed by atoms with Crippen LogP contribution >= 0.6 is 0 Å². The van der Waals surface area contributed by atoms with Crippen LogP contribution in [0.4, 0.5) is 5.82 Å². The van der Waals surface area contributed by atoms with Crippen molar-refractivity contribution in [1.29, 1.82) is 5.26 Å². The van der Waals surface area contributed by atoms with Crippen LogP contribution in [-0.4, -0.2) is 48.5 Å². The third kappa shape index (κ3) is 5.90. The molecule has 1 saturated heterocycles. The molecular formula is C25H27N5O3. The van der Waals surface area contributed by atoms with Crippen LogP contribution in [-0.2, 0) is 13.2 Å². The number of piperazine rings is 1. The van der Waals surface area contributed by atoms with E-state index in [1.807, 2.05) is 12.1 Å². The van der Waals surface area contributed by atoms with Crippen molar-refractivity contribution in [2.45, 2.75) is 20.1 Å². The molecule has 1 fully saturated rings. The van der Waals surface area contributed by atoms with Crippen LogP contribution in [0.15, 0.2) is 59.1 Å². The molecule has 1 amide bonds. The first kappa shape index (κ1) is 22.4. The predicted molar refractivity (Wildman–Crippen MR) is 124 cm³/mol. The van der Waals surface area contributed by atoms with Gasteiger partial charge in [0.15, 0.2) is 5.76 Å². The van der Waals surface area contributed by atoms with Gasteiger partial charge < -0.3 is 24.3 Å². The van der Waals surface area contributed by atoms with Crippen LogP contribution < -0.4 is 15.0 Å². The van der Waals surface area contributed by atoms with E-state index in [9.17, 15) is 4.79 Å². The zero-order chi connectivity index (χ0) is 23.0. The summed E-state index contributed by atoms with van der Waals surface area (Å²) in [6.45, 7) is 7.82.